The van der Waals surface area contributed by atoms with E-state index in [4.69, 9.17) is 4.98 Å². The quantitative estimate of drug-likeness (QED) is 0.927. The molecule has 2 heterocycles. The standard InChI is InChI=1S/C17H25N3/c1-4-11-20-15-6-5-13(2)12-14(15)19-16(20)17(3)7-9-18-10-8-17/h5-6,12,18H,4,7-11H2,1-3H3. The zero-order valence-corrected chi connectivity index (χ0v) is 12.9. The topological polar surface area (TPSA) is 29.9 Å². The Morgan fingerprint density at radius 3 is 2.75 bits per heavy atom. The highest BCUT2D eigenvalue weighted by Gasteiger charge is 2.33. The van der Waals surface area contributed by atoms with Crippen LogP contribution >= 0.6 is 0 Å². The molecule has 0 aliphatic carbocycles. The number of hydrogen-bond acceptors (Lipinski definition) is 2. The van der Waals surface area contributed by atoms with E-state index in [0.717, 1.165) is 31.6 Å². The van der Waals surface area contributed by atoms with Gasteiger partial charge in [-0.25, -0.2) is 4.98 Å². The van der Waals surface area contributed by atoms with Crippen molar-refractivity contribution in [3.05, 3.63) is 29.6 Å². The highest BCUT2D eigenvalue weighted by atomic mass is 15.1. The van der Waals surface area contributed by atoms with E-state index in [9.17, 15) is 0 Å². The van der Waals surface area contributed by atoms with Crippen molar-refractivity contribution >= 4 is 11.0 Å². The van der Waals surface area contributed by atoms with Gasteiger partial charge in [0.15, 0.2) is 0 Å². The fourth-order valence-electron chi connectivity index (χ4n) is 3.35. The third kappa shape index (κ3) is 2.24. The summed E-state index contributed by atoms with van der Waals surface area (Å²) >= 11 is 0. The molecule has 3 heteroatoms. The van der Waals surface area contributed by atoms with Crippen LogP contribution in [0, 0.1) is 6.92 Å². The number of nitrogens with zero attached hydrogens (tertiary/aromatic N) is 2. The highest BCUT2D eigenvalue weighted by molar-refractivity contribution is 5.77. The van der Waals surface area contributed by atoms with E-state index in [1.165, 1.54) is 29.7 Å². The van der Waals surface area contributed by atoms with Gasteiger partial charge in [-0.05, 0) is 57.0 Å². The molecule has 0 atom stereocenters. The Kier molecular flexibility index (Phi) is 3.55. The fraction of sp³-hybridized carbons (Fsp3) is 0.588. The second-order valence-electron chi connectivity index (χ2n) is 6.39. The first-order valence-corrected chi connectivity index (χ1v) is 7.82. The van der Waals surface area contributed by atoms with Crippen LogP contribution in [0.4, 0.5) is 0 Å². The van der Waals surface area contributed by atoms with Crippen LogP contribution in [-0.2, 0) is 12.0 Å². The first kappa shape index (κ1) is 13.6. The van der Waals surface area contributed by atoms with E-state index in [1.54, 1.807) is 0 Å². The number of nitrogens with one attached hydrogen (secondary N) is 1. The largest absolute Gasteiger partial charge is 0.328 e. The molecule has 3 nitrogen and oxygen atoms in total. The maximum absolute atomic E-state index is 5.02. The van der Waals surface area contributed by atoms with Crippen molar-refractivity contribution in [2.24, 2.45) is 0 Å². The molecule has 1 aliphatic heterocycles. The van der Waals surface area contributed by atoms with Crippen LogP contribution in [0.15, 0.2) is 18.2 Å². The van der Waals surface area contributed by atoms with E-state index in [-0.39, 0.29) is 5.41 Å². The first-order valence-electron chi connectivity index (χ1n) is 7.82. The summed E-state index contributed by atoms with van der Waals surface area (Å²) < 4.78 is 2.46. The summed E-state index contributed by atoms with van der Waals surface area (Å²) in [7, 11) is 0. The minimum atomic E-state index is 0.216. The Labute approximate surface area is 121 Å². The van der Waals surface area contributed by atoms with Gasteiger partial charge in [-0.15, -0.1) is 0 Å². The molecule has 2 aromatic rings. The smallest absolute Gasteiger partial charge is 0.115 e. The van der Waals surface area contributed by atoms with E-state index in [1.807, 2.05) is 0 Å². The van der Waals surface area contributed by atoms with Crippen LogP contribution < -0.4 is 5.32 Å². The lowest BCUT2D eigenvalue weighted by atomic mass is 9.80. The van der Waals surface area contributed by atoms with Crippen molar-refractivity contribution in [2.45, 2.75) is 52.0 Å². The third-order valence-corrected chi connectivity index (χ3v) is 4.60. The maximum atomic E-state index is 5.02. The van der Waals surface area contributed by atoms with E-state index in [2.05, 4.69) is 48.9 Å². The molecule has 0 bridgehead atoms. The molecule has 1 N–H and O–H groups in total. The normalized spacial score (nSPS) is 18.6. The van der Waals surface area contributed by atoms with Gasteiger partial charge in [-0.2, -0.15) is 0 Å². The molecule has 1 aromatic carbocycles. The number of benzene rings is 1. The van der Waals surface area contributed by atoms with Crippen molar-refractivity contribution in [3.8, 4) is 0 Å². The Bertz CT molecular complexity index is 606. The predicted molar refractivity (Wildman–Crippen MR) is 84.2 cm³/mol. The number of hydrogen-bond donors (Lipinski definition) is 1. The molecule has 108 valence electrons. The third-order valence-electron chi connectivity index (χ3n) is 4.60. The summed E-state index contributed by atoms with van der Waals surface area (Å²) in [5.41, 5.74) is 3.97. The van der Waals surface area contributed by atoms with Gasteiger partial charge in [0.1, 0.15) is 5.82 Å². The van der Waals surface area contributed by atoms with Crippen molar-refractivity contribution < 1.29 is 0 Å². The molecule has 20 heavy (non-hydrogen) atoms. The molecule has 1 aromatic heterocycles. The Morgan fingerprint density at radius 2 is 2.05 bits per heavy atom. The lowest BCUT2D eigenvalue weighted by Crippen LogP contribution is -2.39. The fourth-order valence-corrected chi connectivity index (χ4v) is 3.35. The maximum Gasteiger partial charge on any atom is 0.115 e. The van der Waals surface area contributed by atoms with Crippen molar-refractivity contribution in [1.82, 2.24) is 14.9 Å². The zero-order valence-electron chi connectivity index (χ0n) is 12.9. The SMILES string of the molecule is CCCn1c(C2(C)CCNCC2)nc2cc(C)ccc21. The summed E-state index contributed by atoms with van der Waals surface area (Å²) in [4.78, 5) is 5.02. The molecule has 0 spiro atoms. The second kappa shape index (κ2) is 5.21. The van der Waals surface area contributed by atoms with Gasteiger partial charge >= 0.3 is 0 Å². The number of piperidine rings is 1. The van der Waals surface area contributed by atoms with Crippen LogP contribution in [0.3, 0.4) is 0 Å². The van der Waals surface area contributed by atoms with Crippen molar-refractivity contribution in [2.75, 3.05) is 13.1 Å². The number of fused-ring (bicyclic) bond motifs is 1. The molecule has 1 saturated heterocycles. The predicted octanol–water partition coefficient (Wildman–Crippen LogP) is 3.40. The average Bonchev–Trinajstić information content (AvgIpc) is 2.79. The van der Waals surface area contributed by atoms with Gasteiger partial charge in [0.25, 0.3) is 0 Å². The second-order valence-corrected chi connectivity index (χ2v) is 6.39. The molecular formula is C17H25N3. The van der Waals surface area contributed by atoms with Crippen molar-refractivity contribution in [3.63, 3.8) is 0 Å². The minimum Gasteiger partial charge on any atom is -0.328 e. The number of imidazole rings is 1. The van der Waals surface area contributed by atoms with Crippen LogP contribution in [0.1, 0.15) is 44.5 Å². The Morgan fingerprint density at radius 1 is 1.30 bits per heavy atom. The van der Waals surface area contributed by atoms with Crippen LogP contribution in [-0.4, -0.2) is 22.6 Å². The van der Waals surface area contributed by atoms with Gasteiger partial charge in [0.05, 0.1) is 11.0 Å². The minimum absolute atomic E-state index is 0.216. The van der Waals surface area contributed by atoms with E-state index < -0.39 is 0 Å². The Balaban J connectivity index is 2.15. The average molecular weight is 271 g/mol. The molecular weight excluding hydrogens is 246 g/mol. The summed E-state index contributed by atoms with van der Waals surface area (Å²) in [5, 5.41) is 3.47. The molecule has 1 aliphatic rings. The van der Waals surface area contributed by atoms with Gasteiger partial charge in [-0.3, -0.25) is 0 Å². The first-order chi connectivity index (χ1) is 9.64. The highest BCUT2D eigenvalue weighted by Crippen LogP contribution is 2.34. The number of aryl methyl sites for hydroxylation is 2. The van der Waals surface area contributed by atoms with Crippen molar-refractivity contribution in [1.29, 1.82) is 0 Å². The molecule has 1 fully saturated rings. The van der Waals surface area contributed by atoms with Gasteiger partial charge < -0.3 is 9.88 Å². The van der Waals surface area contributed by atoms with Gasteiger partial charge in [-0.1, -0.05) is 19.9 Å². The lowest BCUT2D eigenvalue weighted by molar-refractivity contribution is 0.309. The summed E-state index contributed by atoms with van der Waals surface area (Å²) in [5.74, 6) is 1.29. The molecule has 0 amide bonds. The lowest BCUT2D eigenvalue weighted by Gasteiger charge is -2.34. The summed E-state index contributed by atoms with van der Waals surface area (Å²) in [6.45, 7) is 10.0. The monoisotopic (exact) mass is 271 g/mol. The van der Waals surface area contributed by atoms with Crippen LogP contribution in [0.2, 0.25) is 0 Å². The molecule has 0 saturated carbocycles. The molecule has 3 rings (SSSR count). The Hall–Kier alpha value is -1.35. The van der Waals surface area contributed by atoms with Gasteiger partial charge in [0.2, 0.25) is 0 Å². The van der Waals surface area contributed by atoms with Crippen LogP contribution in [0.5, 0.6) is 0 Å². The summed E-state index contributed by atoms with van der Waals surface area (Å²) in [6, 6.07) is 6.65. The molecule has 0 radical (unpaired) electrons. The number of aromatic nitrogens is 2. The zero-order chi connectivity index (χ0) is 14.2. The van der Waals surface area contributed by atoms with Crippen LogP contribution in [0.25, 0.3) is 11.0 Å². The summed E-state index contributed by atoms with van der Waals surface area (Å²) in [6.07, 6.45) is 3.51. The molecule has 0 unspecified atom stereocenters. The van der Waals surface area contributed by atoms with E-state index >= 15 is 0 Å². The van der Waals surface area contributed by atoms with E-state index in [0.29, 0.717) is 0 Å². The van der Waals surface area contributed by atoms with Gasteiger partial charge in [0, 0.05) is 12.0 Å². The number of rotatable bonds is 3.